The van der Waals surface area contributed by atoms with E-state index in [2.05, 4.69) is 21.1 Å². The maximum Gasteiger partial charge on any atom is 0.173 e. The van der Waals surface area contributed by atoms with E-state index >= 15 is 0 Å². The Kier molecular flexibility index (Phi) is 4.61. The van der Waals surface area contributed by atoms with Gasteiger partial charge in [-0.15, -0.1) is 0 Å². The lowest BCUT2D eigenvalue weighted by atomic mass is 10.2. The van der Waals surface area contributed by atoms with E-state index in [0.29, 0.717) is 11.3 Å². The number of rotatable bonds is 4. The standard InChI is InChI=1S/C11H15BrN2O2/c1-3-7(2)16-10-5-4-8(12)6-9(10)11(13)14-15/h4-7,15H,3H2,1-2H3,(H2,13,14). The molecule has 0 amide bonds. The maximum absolute atomic E-state index is 8.69. The van der Waals surface area contributed by atoms with Crippen LogP contribution in [0.15, 0.2) is 27.8 Å². The molecule has 0 spiro atoms. The predicted molar refractivity (Wildman–Crippen MR) is 67.0 cm³/mol. The Morgan fingerprint density at radius 2 is 2.31 bits per heavy atom. The molecule has 0 aliphatic heterocycles. The molecule has 5 heteroatoms. The van der Waals surface area contributed by atoms with Crippen LogP contribution in [0.25, 0.3) is 0 Å². The molecular weight excluding hydrogens is 272 g/mol. The van der Waals surface area contributed by atoms with Gasteiger partial charge in [0.2, 0.25) is 0 Å². The Balaban J connectivity index is 3.08. The molecule has 0 saturated carbocycles. The van der Waals surface area contributed by atoms with Crippen LogP contribution in [0.1, 0.15) is 25.8 Å². The fourth-order valence-corrected chi connectivity index (χ4v) is 1.52. The molecular formula is C11H15BrN2O2. The quantitative estimate of drug-likeness (QED) is 0.387. The van der Waals surface area contributed by atoms with Crippen LogP contribution in [0.2, 0.25) is 0 Å². The smallest absolute Gasteiger partial charge is 0.173 e. The minimum absolute atomic E-state index is 0.0413. The van der Waals surface area contributed by atoms with Crippen molar-refractivity contribution < 1.29 is 9.94 Å². The molecule has 1 unspecified atom stereocenters. The van der Waals surface area contributed by atoms with Gasteiger partial charge in [-0.2, -0.15) is 0 Å². The van der Waals surface area contributed by atoms with Gasteiger partial charge in [0.15, 0.2) is 5.84 Å². The third kappa shape index (κ3) is 3.13. The average Bonchev–Trinajstić information content (AvgIpc) is 2.30. The lowest BCUT2D eigenvalue weighted by Gasteiger charge is -2.15. The molecule has 0 bridgehead atoms. The second kappa shape index (κ2) is 5.75. The number of ether oxygens (including phenoxy) is 1. The lowest BCUT2D eigenvalue weighted by molar-refractivity contribution is 0.217. The molecule has 0 aliphatic rings. The molecule has 4 nitrogen and oxygen atoms in total. The van der Waals surface area contributed by atoms with Gasteiger partial charge in [0.25, 0.3) is 0 Å². The number of amidine groups is 1. The summed E-state index contributed by atoms with van der Waals surface area (Å²) in [6.07, 6.45) is 0.984. The molecule has 0 radical (unpaired) electrons. The first-order valence-electron chi connectivity index (χ1n) is 5.02. The second-order valence-corrected chi connectivity index (χ2v) is 4.38. The first-order chi connectivity index (χ1) is 7.58. The summed E-state index contributed by atoms with van der Waals surface area (Å²) in [5, 5.41) is 11.7. The van der Waals surface area contributed by atoms with E-state index in [1.54, 1.807) is 12.1 Å². The lowest BCUT2D eigenvalue weighted by Crippen LogP contribution is -2.17. The average molecular weight is 287 g/mol. The summed E-state index contributed by atoms with van der Waals surface area (Å²) in [5.74, 6) is 0.660. The number of hydrogen-bond acceptors (Lipinski definition) is 3. The van der Waals surface area contributed by atoms with Crippen molar-refractivity contribution >= 4 is 21.8 Å². The first-order valence-corrected chi connectivity index (χ1v) is 5.81. The van der Waals surface area contributed by atoms with Crippen molar-refractivity contribution in [2.24, 2.45) is 10.9 Å². The van der Waals surface area contributed by atoms with Crippen molar-refractivity contribution in [1.82, 2.24) is 0 Å². The Bertz CT molecular complexity index is 394. The topological polar surface area (TPSA) is 67.8 Å². The third-order valence-corrected chi connectivity index (χ3v) is 2.72. The molecule has 0 aromatic heterocycles. The molecule has 1 atom stereocenters. The second-order valence-electron chi connectivity index (χ2n) is 3.46. The van der Waals surface area contributed by atoms with E-state index in [1.165, 1.54) is 0 Å². The van der Waals surface area contributed by atoms with Gasteiger partial charge in [-0.1, -0.05) is 28.0 Å². The largest absolute Gasteiger partial charge is 0.490 e. The van der Waals surface area contributed by atoms with Gasteiger partial charge in [-0.25, -0.2) is 0 Å². The summed E-state index contributed by atoms with van der Waals surface area (Å²) in [7, 11) is 0. The van der Waals surface area contributed by atoms with Gasteiger partial charge < -0.3 is 15.7 Å². The van der Waals surface area contributed by atoms with E-state index < -0.39 is 0 Å². The number of nitrogens with two attached hydrogens (primary N) is 1. The number of hydrogen-bond donors (Lipinski definition) is 2. The van der Waals surface area contributed by atoms with E-state index in [-0.39, 0.29) is 11.9 Å². The van der Waals surface area contributed by atoms with Crippen LogP contribution in [0.3, 0.4) is 0 Å². The first kappa shape index (κ1) is 12.8. The molecule has 0 aliphatic carbocycles. The van der Waals surface area contributed by atoms with E-state index in [9.17, 15) is 0 Å². The summed E-state index contributed by atoms with van der Waals surface area (Å²) in [4.78, 5) is 0. The van der Waals surface area contributed by atoms with Crippen LogP contribution in [0, 0.1) is 0 Å². The fourth-order valence-electron chi connectivity index (χ4n) is 1.16. The highest BCUT2D eigenvalue weighted by Crippen LogP contribution is 2.24. The highest BCUT2D eigenvalue weighted by Gasteiger charge is 2.11. The Morgan fingerprint density at radius 1 is 1.62 bits per heavy atom. The van der Waals surface area contributed by atoms with Crippen LogP contribution in [0.4, 0.5) is 0 Å². The van der Waals surface area contributed by atoms with Gasteiger partial charge in [0, 0.05) is 4.47 Å². The normalized spacial score (nSPS) is 13.6. The van der Waals surface area contributed by atoms with Crippen LogP contribution in [-0.2, 0) is 0 Å². The van der Waals surface area contributed by atoms with Crippen LogP contribution in [0.5, 0.6) is 5.75 Å². The highest BCUT2D eigenvalue weighted by atomic mass is 79.9. The van der Waals surface area contributed by atoms with Crippen molar-refractivity contribution in [1.29, 1.82) is 0 Å². The maximum atomic E-state index is 8.69. The minimum atomic E-state index is 0.0413. The third-order valence-electron chi connectivity index (χ3n) is 2.23. The van der Waals surface area contributed by atoms with Crippen LogP contribution in [-0.4, -0.2) is 17.1 Å². The van der Waals surface area contributed by atoms with E-state index in [1.807, 2.05) is 19.9 Å². The monoisotopic (exact) mass is 286 g/mol. The SMILES string of the molecule is CCC(C)Oc1ccc(Br)cc1/C(N)=N/O. The zero-order valence-electron chi connectivity index (χ0n) is 9.27. The van der Waals surface area contributed by atoms with Crippen LogP contribution >= 0.6 is 15.9 Å². The van der Waals surface area contributed by atoms with Gasteiger partial charge in [0.05, 0.1) is 11.7 Å². The number of nitrogens with zero attached hydrogens (tertiary/aromatic N) is 1. The Hall–Kier alpha value is -1.23. The van der Waals surface area contributed by atoms with Gasteiger partial charge in [-0.05, 0) is 31.5 Å². The van der Waals surface area contributed by atoms with E-state index in [0.717, 1.165) is 10.9 Å². The summed E-state index contributed by atoms with van der Waals surface area (Å²) < 4.78 is 6.53. The van der Waals surface area contributed by atoms with Gasteiger partial charge in [-0.3, -0.25) is 0 Å². The summed E-state index contributed by atoms with van der Waals surface area (Å²) in [6, 6.07) is 5.41. The zero-order valence-corrected chi connectivity index (χ0v) is 10.9. The summed E-state index contributed by atoms with van der Waals surface area (Å²) in [6.45, 7) is 4.00. The molecule has 1 rings (SSSR count). The molecule has 1 aromatic carbocycles. The number of halogens is 1. The molecule has 1 aromatic rings. The van der Waals surface area contributed by atoms with Crippen LogP contribution < -0.4 is 10.5 Å². The van der Waals surface area contributed by atoms with Gasteiger partial charge in [0.1, 0.15) is 5.75 Å². The van der Waals surface area contributed by atoms with Crippen molar-refractivity contribution in [3.63, 3.8) is 0 Å². The van der Waals surface area contributed by atoms with E-state index in [4.69, 9.17) is 15.7 Å². The predicted octanol–water partition coefficient (Wildman–Crippen LogP) is 2.72. The van der Waals surface area contributed by atoms with Crippen molar-refractivity contribution in [2.45, 2.75) is 26.4 Å². The summed E-state index contributed by atoms with van der Waals surface area (Å²) in [5.41, 5.74) is 6.16. The molecule has 0 saturated heterocycles. The minimum Gasteiger partial charge on any atom is -0.490 e. The van der Waals surface area contributed by atoms with Gasteiger partial charge >= 0.3 is 0 Å². The Morgan fingerprint density at radius 3 is 2.88 bits per heavy atom. The molecule has 0 heterocycles. The van der Waals surface area contributed by atoms with Crippen molar-refractivity contribution in [3.8, 4) is 5.75 Å². The molecule has 0 fully saturated rings. The molecule has 3 N–H and O–H groups in total. The molecule has 16 heavy (non-hydrogen) atoms. The fraction of sp³-hybridized carbons (Fsp3) is 0.364. The Labute approximate surface area is 103 Å². The van der Waals surface area contributed by atoms with Crippen molar-refractivity contribution in [2.75, 3.05) is 0 Å². The summed E-state index contributed by atoms with van der Waals surface area (Å²) >= 11 is 3.33. The van der Waals surface area contributed by atoms with Crippen molar-refractivity contribution in [3.05, 3.63) is 28.2 Å². The number of oxime groups is 1. The highest BCUT2D eigenvalue weighted by molar-refractivity contribution is 9.10. The zero-order chi connectivity index (χ0) is 12.1. The number of benzene rings is 1. The molecule has 88 valence electrons.